The Labute approximate surface area is 166 Å². The van der Waals surface area contributed by atoms with Crippen molar-refractivity contribution in [1.82, 2.24) is 10.6 Å². The second kappa shape index (κ2) is 11.4. The number of nitrogens with zero attached hydrogens (tertiary/aromatic N) is 1. The SMILES string of the molecule is CSC(=NC(=O)OCc1ccccc1)NC(=O)NC(=O)OCc1ccccc1. The molecule has 0 atom stereocenters. The Hall–Kier alpha value is -3.33. The normalized spacial score (nSPS) is 10.7. The molecular weight excluding hydrogens is 382 g/mol. The number of alkyl carbamates (subject to hydrolysis) is 1. The van der Waals surface area contributed by atoms with Crippen molar-refractivity contribution in [3.8, 4) is 0 Å². The first-order chi connectivity index (χ1) is 13.6. The Bertz CT molecular complexity index is 828. The second-order valence-electron chi connectivity index (χ2n) is 5.30. The van der Waals surface area contributed by atoms with Crippen LogP contribution in [0, 0.1) is 0 Å². The highest BCUT2D eigenvalue weighted by molar-refractivity contribution is 8.13. The summed E-state index contributed by atoms with van der Waals surface area (Å²) >= 11 is 1.01. The molecule has 0 saturated carbocycles. The average molecular weight is 401 g/mol. The Morgan fingerprint density at radius 1 is 0.857 bits per heavy atom. The van der Waals surface area contributed by atoms with Gasteiger partial charge in [-0.2, -0.15) is 4.99 Å². The Morgan fingerprint density at radius 3 is 1.93 bits per heavy atom. The van der Waals surface area contributed by atoms with E-state index in [1.807, 2.05) is 29.6 Å². The van der Waals surface area contributed by atoms with Crippen LogP contribution in [0.3, 0.4) is 0 Å². The van der Waals surface area contributed by atoms with Crippen LogP contribution in [-0.2, 0) is 22.7 Å². The monoisotopic (exact) mass is 401 g/mol. The molecular formula is C19H19N3O5S. The maximum absolute atomic E-state index is 11.8. The zero-order chi connectivity index (χ0) is 20.2. The number of aliphatic imine (C=N–C) groups is 1. The van der Waals surface area contributed by atoms with Crippen LogP contribution in [0.2, 0.25) is 0 Å². The highest BCUT2D eigenvalue weighted by atomic mass is 32.2. The van der Waals surface area contributed by atoms with Gasteiger partial charge < -0.3 is 9.47 Å². The van der Waals surface area contributed by atoms with Crippen LogP contribution in [0.1, 0.15) is 11.1 Å². The average Bonchev–Trinajstić information content (AvgIpc) is 2.71. The van der Waals surface area contributed by atoms with Gasteiger partial charge in [0.05, 0.1) is 0 Å². The number of amidine groups is 1. The van der Waals surface area contributed by atoms with E-state index >= 15 is 0 Å². The number of benzene rings is 2. The van der Waals surface area contributed by atoms with Crippen LogP contribution in [-0.4, -0.2) is 29.6 Å². The van der Waals surface area contributed by atoms with Crippen molar-refractivity contribution in [2.45, 2.75) is 13.2 Å². The molecule has 0 radical (unpaired) electrons. The van der Waals surface area contributed by atoms with Crippen LogP contribution in [0.4, 0.5) is 14.4 Å². The third-order valence-electron chi connectivity index (χ3n) is 3.24. The van der Waals surface area contributed by atoms with Gasteiger partial charge in [-0.15, -0.1) is 0 Å². The molecule has 8 nitrogen and oxygen atoms in total. The first-order valence-corrected chi connectivity index (χ1v) is 9.41. The van der Waals surface area contributed by atoms with Crippen molar-refractivity contribution in [3.63, 3.8) is 0 Å². The first kappa shape index (κ1) is 21.0. The standard InChI is InChI=1S/C19H19N3O5S/c1-28-17(22-19(25)27-13-15-10-6-3-7-11-15)20-16(23)21-18(24)26-12-14-8-4-2-5-9-14/h2-11H,12-13H2,1H3,(H2,20,21,22,23,24,25). The van der Waals surface area contributed by atoms with E-state index < -0.39 is 18.2 Å². The smallest absolute Gasteiger partial charge is 0.436 e. The maximum atomic E-state index is 11.8. The summed E-state index contributed by atoms with van der Waals surface area (Å²) in [6, 6.07) is 17.3. The van der Waals surface area contributed by atoms with Crippen molar-refractivity contribution in [3.05, 3.63) is 71.8 Å². The highest BCUT2D eigenvalue weighted by Crippen LogP contribution is 2.03. The number of ether oxygens (including phenoxy) is 2. The van der Waals surface area contributed by atoms with Crippen LogP contribution in [0.5, 0.6) is 0 Å². The molecule has 0 aliphatic carbocycles. The van der Waals surface area contributed by atoms with Gasteiger partial charge in [0.2, 0.25) is 0 Å². The second-order valence-corrected chi connectivity index (χ2v) is 6.10. The fourth-order valence-electron chi connectivity index (χ4n) is 1.94. The van der Waals surface area contributed by atoms with E-state index in [4.69, 9.17) is 9.47 Å². The number of carbonyl (C=O) groups is 3. The number of thioether (sulfide) groups is 1. The molecule has 28 heavy (non-hydrogen) atoms. The van der Waals surface area contributed by atoms with Crippen LogP contribution < -0.4 is 10.6 Å². The van der Waals surface area contributed by atoms with Crippen LogP contribution in [0.15, 0.2) is 65.7 Å². The summed E-state index contributed by atoms with van der Waals surface area (Å²) in [5.74, 6) is 0. The molecule has 0 fully saturated rings. The molecule has 2 aromatic rings. The third-order valence-corrected chi connectivity index (χ3v) is 3.82. The van der Waals surface area contributed by atoms with E-state index in [9.17, 15) is 14.4 Å². The summed E-state index contributed by atoms with van der Waals surface area (Å²) in [6.07, 6.45) is -0.175. The van der Waals surface area contributed by atoms with Crippen molar-refractivity contribution in [2.75, 3.05) is 6.26 Å². The van der Waals surface area contributed by atoms with Gasteiger partial charge in [0.25, 0.3) is 0 Å². The fourth-order valence-corrected chi connectivity index (χ4v) is 2.30. The van der Waals surface area contributed by atoms with Gasteiger partial charge in [-0.25, -0.2) is 19.7 Å². The van der Waals surface area contributed by atoms with Crippen LogP contribution >= 0.6 is 11.8 Å². The van der Waals surface area contributed by atoms with Crippen molar-refractivity contribution >= 4 is 35.1 Å². The molecule has 0 saturated heterocycles. The molecule has 146 valence electrons. The molecule has 0 spiro atoms. The summed E-state index contributed by atoms with van der Waals surface area (Å²) in [7, 11) is 0. The molecule has 0 aliphatic rings. The minimum absolute atomic E-state index is 0.0218. The number of hydrogen-bond donors (Lipinski definition) is 2. The van der Waals surface area contributed by atoms with Gasteiger partial charge in [0.1, 0.15) is 13.2 Å². The lowest BCUT2D eigenvalue weighted by molar-refractivity contribution is 0.141. The number of rotatable bonds is 4. The number of amides is 4. The molecule has 4 amide bonds. The Kier molecular flexibility index (Phi) is 8.54. The molecule has 0 unspecified atom stereocenters. The lowest BCUT2D eigenvalue weighted by Crippen LogP contribution is -2.42. The lowest BCUT2D eigenvalue weighted by Gasteiger charge is -2.08. The van der Waals surface area contributed by atoms with E-state index in [-0.39, 0.29) is 18.4 Å². The van der Waals surface area contributed by atoms with E-state index in [1.165, 1.54) is 0 Å². The highest BCUT2D eigenvalue weighted by Gasteiger charge is 2.12. The quantitative estimate of drug-likeness (QED) is 0.598. The molecule has 2 aromatic carbocycles. The summed E-state index contributed by atoms with van der Waals surface area (Å²) in [6.45, 7) is 0.0814. The number of hydrogen-bond acceptors (Lipinski definition) is 6. The molecule has 2 rings (SSSR count). The molecule has 0 aromatic heterocycles. The minimum atomic E-state index is -0.923. The van der Waals surface area contributed by atoms with Gasteiger partial charge in [-0.05, 0) is 17.4 Å². The zero-order valence-electron chi connectivity index (χ0n) is 15.1. The third kappa shape index (κ3) is 7.92. The number of nitrogens with one attached hydrogen (secondary N) is 2. The van der Waals surface area contributed by atoms with Crippen molar-refractivity contribution < 1.29 is 23.9 Å². The summed E-state index contributed by atoms with van der Waals surface area (Å²) in [4.78, 5) is 38.9. The van der Waals surface area contributed by atoms with Gasteiger partial charge in [0, 0.05) is 0 Å². The van der Waals surface area contributed by atoms with Crippen molar-refractivity contribution in [2.24, 2.45) is 4.99 Å². The maximum Gasteiger partial charge on any atom is 0.436 e. The Balaban J connectivity index is 1.76. The zero-order valence-corrected chi connectivity index (χ0v) is 15.9. The van der Waals surface area contributed by atoms with Gasteiger partial charge in [-0.1, -0.05) is 72.4 Å². The topological polar surface area (TPSA) is 106 Å². The molecule has 2 N–H and O–H groups in total. The minimum Gasteiger partial charge on any atom is -0.444 e. The van der Waals surface area contributed by atoms with E-state index in [0.29, 0.717) is 0 Å². The summed E-state index contributed by atoms with van der Waals surface area (Å²) in [5, 5.41) is 4.25. The first-order valence-electron chi connectivity index (χ1n) is 8.19. The largest absolute Gasteiger partial charge is 0.444 e. The van der Waals surface area contributed by atoms with Crippen LogP contribution in [0.25, 0.3) is 0 Å². The molecule has 0 heterocycles. The predicted octanol–water partition coefficient (Wildman–Crippen LogP) is 3.68. The Morgan fingerprint density at radius 2 is 1.39 bits per heavy atom. The predicted molar refractivity (Wildman–Crippen MR) is 106 cm³/mol. The lowest BCUT2D eigenvalue weighted by atomic mass is 10.2. The fraction of sp³-hybridized carbons (Fsp3) is 0.158. The van der Waals surface area contributed by atoms with E-state index in [0.717, 1.165) is 22.9 Å². The van der Waals surface area contributed by atoms with Gasteiger partial charge in [0.15, 0.2) is 5.17 Å². The number of urea groups is 1. The molecule has 9 heteroatoms. The van der Waals surface area contributed by atoms with E-state index in [1.54, 1.807) is 42.7 Å². The number of carbonyl (C=O) groups excluding carboxylic acids is 3. The van der Waals surface area contributed by atoms with Crippen molar-refractivity contribution in [1.29, 1.82) is 0 Å². The summed E-state index contributed by atoms with van der Waals surface area (Å²) in [5.41, 5.74) is 1.59. The molecule has 0 bridgehead atoms. The summed E-state index contributed by atoms with van der Waals surface area (Å²) < 4.78 is 9.94. The number of imide groups is 1. The molecule has 0 aliphatic heterocycles. The van der Waals surface area contributed by atoms with Gasteiger partial charge >= 0.3 is 18.2 Å². The van der Waals surface area contributed by atoms with Gasteiger partial charge in [-0.3, -0.25) is 5.32 Å². The van der Waals surface area contributed by atoms with E-state index in [2.05, 4.69) is 10.3 Å².